The van der Waals surface area contributed by atoms with Crippen LogP contribution in [0.3, 0.4) is 0 Å². The molecule has 1 atom stereocenters. The van der Waals surface area contributed by atoms with E-state index in [9.17, 15) is 9.18 Å². The van der Waals surface area contributed by atoms with Gasteiger partial charge in [0, 0.05) is 12.6 Å². The number of ether oxygens (including phenoxy) is 1. The summed E-state index contributed by atoms with van der Waals surface area (Å²) in [6.07, 6.45) is 0.844. The predicted octanol–water partition coefficient (Wildman–Crippen LogP) is 3.32. The van der Waals surface area contributed by atoms with Gasteiger partial charge in [-0.3, -0.25) is 9.69 Å². The van der Waals surface area contributed by atoms with Crippen LogP contribution in [0.15, 0.2) is 42.5 Å². The molecule has 0 saturated carbocycles. The van der Waals surface area contributed by atoms with E-state index in [-0.39, 0.29) is 17.8 Å². The fourth-order valence-electron chi connectivity index (χ4n) is 2.64. The SMILES string of the molecule is COc1ccc(CC(C)N(C)CC(=O)NCc2ccc(C)c(F)c2)cc1. The van der Waals surface area contributed by atoms with Crippen molar-refractivity contribution in [3.05, 3.63) is 65.0 Å². The van der Waals surface area contributed by atoms with E-state index in [0.29, 0.717) is 18.7 Å². The minimum absolute atomic E-state index is 0.0740. The van der Waals surface area contributed by atoms with Crippen LogP contribution >= 0.6 is 0 Å². The quantitative estimate of drug-likeness (QED) is 0.787. The number of carbonyl (C=O) groups excluding carboxylic acids is 1. The van der Waals surface area contributed by atoms with E-state index < -0.39 is 0 Å². The van der Waals surface area contributed by atoms with Gasteiger partial charge in [-0.15, -0.1) is 0 Å². The van der Waals surface area contributed by atoms with E-state index in [0.717, 1.165) is 17.7 Å². The van der Waals surface area contributed by atoms with Crippen molar-refractivity contribution in [1.29, 1.82) is 0 Å². The maximum Gasteiger partial charge on any atom is 0.234 e. The summed E-state index contributed by atoms with van der Waals surface area (Å²) >= 11 is 0. The van der Waals surface area contributed by atoms with Crippen LogP contribution in [0.1, 0.15) is 23.6 Å². The molecule has 5 heteroatoms. The lowest BCUT2D eigenvalue weighted by Gasteiger charge is -2.24. The molecule has 26 heavy (non-hydrogen) atoms. The van der Waals surface area contributed by atoms with E-state index in [1.807, 2.05) is 42.3 Å². The number of aryl methyl sites for hydroxylation is 1. The second-order valence-corrected chi connectivity index (χ2v) is 6.68. The molecular weight excluding hydrogens is 331 g/mol. The molecular formula is C21H27FN2O2. The van der Waals surface area contributed by atoms with Crippen molar-refractivity contribution in [2.75, 3.05) is 20.7 Å². The number of benzene rings is 2. The Morgan fingerprint density at radius 3 is 2.46 bits per heavy atom. The van der Waals surface area contributed by atoms with Gasteiger partial charge in [-0.1, -0.05) is 24.3 Å². The Morgan fingerprint density at radius 1 is 1.19 bits per heavy atom. The van der Waals surface area contributed by atoms with Gasteiger partial charge in [0.25, 0.3) is 0 Å². The Bertz CT molecular complexity index is 731. The number of carbonyl (C=O) groups is 1. The molecule has 0 radical (unpaired) electrons. The summed E-state index contributed by atoms with van der Waals surface area (Å²) in [5.41, 5.74) is 2.56. The minimum atomic E-state index is -0.248. The van der Waals surface area contributed by atoms with Crippen LogP contribution in [-0.4, -0.2) is 37.6 Å². The van der Waals surface area contributed by atoms with Crippen LogP contribution < -0.4 is 10.1 Å². The highest BCUT2D eigenvalue weighted by Gasteiger charge is 2.14. The van der Waals surface area contributed by atoms with E-state index in [4.69, 9.17) is 4.74 Å². The van der Waals surface area contributed by atoms with Gasteiger partial charge >= 0.3 is 0 Å². The maximum atomic E-state index is 13.5. The topological polar surface area (TPSA) is 41.6 Å². The highest BCUT2D eigenvalue weighted by Crippen LogP contribution is 2.14. The third kappa shape index (κ3) is 5.85. The number of likely N-dealkylation sites (N-methyl/N-ethyl adjacent to an activating group) is 1. The van der Waals surface area contributed by atoms with Crippen molar-refractivity contribution in [2.45, 2.75) is 32.9 Å². The van der Waals surface area contributed by atoms with Crippen molar-refractivity contribution < 1.29 is 13.9 Å². The lowest BCUT2D eigenvalue weighted by molar-refractivity contribution is -0.122. The zero-order valence-electron chi connectivity index (χ0n) is 15.9. The zero-order chi connectivity index (χ0) is 19.1. The average Bonchev–Trinajstić information content (AvgIpc) is 2.63. The largest absolute Gasteiger partial charge is 0.497 e. The fourth-order valence-corrected chi connectivity index (χ4v) is 2.64. The molecule has 1 amide bonds. The van der Waals surface area contributed by atoms with Crippen molar-refractivity contribution >= 4 is 5.91 Å². The molecule has 2 aromatic rings. The highest BCUT2D eigenvalue weighted by molar-refractivity contribution is 5.78. The number of nitrogens with zero attached hydrogens (tertiary/aromatic N) is 1. The first kappa shape index (κ1) is 19.9. The summed E-state index contributed by atoms with van der Waals surface area (Å²) in [5.74, 6) is 0.513. The Morgan fingerprint density at radius 2 is 1.85 bits per heavy atom. The monoisotopic (exact) mass is 358 g/mol. The number of hydrogen-bond donors (Lipinski definition) is 1. The van der Waals surface area contributed by atoms with Crippen LogP contribution in [0.5, 0.6) is 5.75 Å². The predicted molar refractivity (Wildman–Crippen MR) is 102 cm³/mol. The molecule has 140 valence electrons. The Labute approximate surface area is 155 Å². The second kappa shape index (κ2) is 9.34. The third-order valence-corrected chi connectivity index (χ3v) is 4.56. The minimum Gasteiger partial charge on any atom is -0.497 e. The Kier molecular flexibility index (Phi) is 7.16. The smallest absolute Gasteiger partial charge is 0.234 e. The first-order chi connectivity index (χ1) is 12.4. The molecule has 0 saturated heterocycles. The van der Waals surface area contributed by atoms with Crippen molar-refractivity contribution in [3.63, 3.8) is 0 Å². The maximum absolute atomic E-state index is 13.5. The van der Waals surface area contributed by atoms with Crippen LogP contribution in [0.4, 0.5) is 4.39 Å². The Balaban J connectivity index is 1.80. The fraction of sp³-hybridized carbons (Fsp3) is 0.381. The van der Waals surface area contributed by atoms with Crippen molar-refractivity contribution in [3.8, 4) is 5.75 Å². The van der Waals surface area contributed by atoms with Gasteiger partial charge in [0.15, 0.2) is 0 Å². The normalized spacial score (nSPS) is 12.1. The summed E-state index contributed by atoms with van der Waals surface area (Å²) in [7, 11) is 3.58. The Hall–Kier alpha value is -2.40. The molecule has 1 unspecified atom stereocenters. The number of hydrogen-bond acceptors (Lipinski definition) is 3. The van der Waals surface area contributed by atoms with Gasteiger partial charge in [-0.2, -0.15) is 0 Å². The van der Waals surface area contributed by atoms with Crippen molar-refractivity contribution in [1.82, 2.24) is 10.2 Å². The highest BCUT2D eigenvalue weighted by atomic mass is 19.1. The van der Waals surface area contributed by atoms with Gasteiger partial charge in [-0.05, 0) is 62.2 Å². The summed E-state index contributed by atoms with van der Waals surface area (Å²) < 4.78 is 18.7. The summed E-state index contributed by atoms with van der Waals surface area (Å²) in [4.78, 5) is 14.2. The molecule has 2 rings (SSSR count). The first-order valence-corrected chi connectivity index (χ1v) is 8.74. The van der Waals surface area contributed by atoms with Gasteiger partial charge in [0.05, 0.1) is 13.7 Å². The average molecular weight is 358 g/mol. The van der Waals surface area contributed by atoms with Crippen LogP contribution in [0, 0.1) is 12.7 Å². The molecule has 1 N–H and O–H groups in total. The van der Waals surface area contributed by atoms with E-state index in [2.05, 4.69) is 12.2 Å². The molecule has 0 aliphatic heterocycles. The molecule has 2 aromatic carbocycles. The molecule has 0 aliphatic carbocycles. The number of nitrogens with one attached hydrogen (secondary N) is 1. The van der Waals surface area contributed by atoms with E-state index in [1.54, 1.807) is 20.1 Å². The number of amides is 1. The third-order valence-electron chi connectivity index (χ3n) is 4.56. The summed E-state index contributed by atoms with van der Waals surface area (Å²) in [5, 5.41) is 2.85. The summed E-state index contributed by atoms with van der Waals surface area (Å²) in [6.45, 7) is 4.44. The second-order valence-electron chi connectivity index (χ2n) is 6.68. The van der Waals surface area contributed by atoms with Gasteiger partial charge < -0.3 is 10.1 Å². The van der Waals surface area contributed by atoms with Crippen molar-refractivity contribution in [2.24, 2.45) is 0 Å². The molecule has 0 heterocycles. The van der Waals surface area contributed by atoms with Crippen LogP contribution in [0.2, 0.25) is 0 Å². The van der Waals surface area contributed by atoms with Gasteiger partial charge in [0.1, 0.15) is 11.6 Å². The lowest BCUT2D eigenvalue weighted by Crippen LogP contribution is -2.40. The van der Waals surface area contributed by atoms with E-state index >= 15 is 0 Å². The summed E-state index contributed by atoms with van der Waals surface area (Å²) in [6, 6.07) is 13.2. The van der Waals surface area contributed by atoms with Gasteiger partial charge in [0.2, 0.25) is 5.91 Å². The van der Waals surface area contributed by atoms with Crippen LogP contribution in [0.25, 0.3) is 0 Å². The molecule has 0 aliphatic rings. The number of rotatable bonds is 8. The number of methoxy groups -OCH3 is 1. The number of halogens is 1. The molecule has 0 aromatic heterocycles. The standard InChI is InChI=1S/C21H27FN2O2/c1-15-5-6-18(12-20(15)22)13-23-21(25)14-24(3)16(2)11-17-7-9-19(26-4)10-8-17/h5-10,12,16H,11,13-14H2,1-4H3,(H,23,25). The molecule has 0 spiro atoms. The molecule has 0 bridgehead atoms. The van der Waals surface area contributed by atoms with Gasteiger partial charge in [-0.25, -0.2) is 4.39 Å². The zero-order valence-corrected chi connectivity index (χ0v) is 15.9. The lowest BCUT2D eigenvalue weighted by atomic mass is 10.1. The first-order valence-electron chi connectivity index (χ1n) is 8.74. The molecule has 4 nitrogen and oxygen atoms in total. The van der Waals surface area contributed by atoms with Crippen LogP contribution in [-0.2, 0) is 17.8 Å². The molecule has 0 fully saturated rings. The van der Waals surface area contributed by atoms with E-state index in [1.165, 1.54) is 11.6 Å².